The summed E-state index contributed by atoms with van der Waals surface area (Å²) >= 11 is 0. The highest BCUT2D eigenvalue weighted by Crippen LogP contribution is 2.24. The molecule has 1 fully saturated rings. The minimum atomic E-state index is 0.295. The molecule has 0 spiro atoms. The number of piperidine rings is 1. The Labute approximate surface area is 147 Å². The maximum Gasteiger partial charge on any atom is 0.225 e. The smallest absolute Gasteiger partial charge is 0.225 e. The summed E-state index contributed by atoms with van der Waals surface area (Å²) in [4.78, 5) is 20.5. The van der Waals surface area contributed by atoms with Crippen molar-refractivity contribution in [3.8, 4) is 11.4 Å². The molecule has 0 radical (unpaired) electrons. The van der Waals surface area contributed by atoms with Crippen molar-refractivity contribution >= 4 is 17.4 Å². The molecule has 25 heavy (non-hydrogen) atoms. The second-order valence-electron chi connectivity index (χ2n) is 6.70. The normalized spacial score (nSPS) is 15.1. The number of fused-ring (bicyclic) bond motifs is 1. The molecule has 7 heteroatoms. The molecule has 1 aliphatic rings. The largest absolute Gasteiger partial charge is 0.365 e. The third kappa shape index (κ3) is 3.14. The van der Waals surface area contributed by atoms with Gasteiger partial charge in [-0.1, -0.05) is 0 Å². The van der Waals surface area contributed by atoms with Crippen molar-refractivity contribution in [3.63, 3.8) is 0 Å². The molecule has 4 rings (SSSR count). The van der Waals surface area contributed by atoms with Crippen LogP contribution in [0.1, 0.15) is 33.1 Å². The van der Waals surface area contributed by atoms with Gasteiger partial charge in [-0.05, 0) is 39.2 Å². The number of nitrogens with zero attached hydrogens (tertiary/aromatic N) is 6. The molecule has 1 saturated heterocycles. The minimum Gasteiger partial charge on any atom is -0.365 e. The zero-order valence-corrected chi connectivity index (χ0v) is 14.7. The Morgan fingerprint density at radius 3 is 2.68 bits per heavy atom. The molecule has 7 nitrogen and oxygen atoms in total. The first-order valence-corrected chi connectivity index (χ1v) is 8.89. The van der Waals surface area contributed by atoms with Crippen molar-refractivity contribution in [2.75, 3.05) is 23.3 Å². The van der Waals surface area contributed by atoms with Crippen molar-refractivity contribution in [2.45, 2.75) is 39.2 Å². The number of imidazole rings is 1. The van der Waals surface area contributed by atoms with Gasteiger partial charge >= 0.3 is 0 Å². The Kier molecular flexibility index (Phi) is 4.21. The van der Waals surface area contributed by atoms with Crippen LogP contribution in [-0.2, 0) is 0 Å². The van der Waals surface area contributed by atoms with Crippen LogP contribution in [0.2, 0.25) is 0 Å². The average Bonchev–Trinajstić information content (AvgIpc) is 3.07. The molecule has 0 amide bonds. The maximum absolute atomic E-state index is 4.79. The molecule has 4 heterocycles. The molecule has 0 aromatic carbocycles. The highest BCUT2D eigenvalue weighted by Gasteiger charge is 2.16. The van der Waals surface area contributed by atoms with Gasteiger partial charge in [0.25, 0.3) is 0 Å². The zero-order valence-electron chi connectivity index (χ0n) is 14.7. The second kappa shape index (κ2) is 6.66. The van der Waals surface area contributed by atoms with Gasteiger partial charge in [0, 0.05) is 37.7 Å². The van der Waals surface area contributed by atoms with Gasteiger partial charge in [-0.3, -0.25) is 4.40 Å². The molecule has 1 N–H and O–H groups in total. The topological polar surface area (TPSA) is 71.2 Å². The SMILES string of the molecule is CC(C)Nc1nccn2c(-c3ccnc(N4CCCCC4)n3)cnc12. The van der Waals surface area contributed by atoms with Gasteiger partial charge < -0.3 is 10.2 Å². The van der Waals surface area contributed by atoms with Crippen molar-refractivity contribution in [2.24, 2.45) is 0 Å². The van der Waals surface area contributed by atoms with Crippen LogP contribution in [0.3, 0.4) is 0 Å². The van der Waals surface area contributed by atoms with E-state index in [-0.39, 0.29) is 0 Å². The van der Waals surface area contributed by atoms with Crippen molar-refractivity contribution in [1.82, 2.24) is 24.3 Å². The third-order valence-electron chi connectivity index (χ3n) is 4.40. The number of aromatic nitrogens is 5. The molecule has 0 saturated carbocycles. The van der Waals surface area contributed by atoms with Gasteiger partial charge in [-0.15, -0.1) is 0 Å². The van der Waals surface area contributed by atoms with Crippen LogP contribution in [0.4, 0.5) is 11.8 Å². The number of nitrogens with one attached hydrogen (secondary N) is 1. The van der Waals surface area contributed by atoms with Crippen LogP contribution in [0, 0.1) is 0 Å². The van der Waals surface area contributed by atoms with Crippen molar-refractivity contribution in [1.29, 1.82) is 0 Å². The highest BCUT2D eigenvalue weighted by molar-refractivity contribution is 5.69. The van der Waals surface area contributed by atoms with E-state index < -0.39 is 0 Å². The first-order valence-electron chi connectivity index (χ1n) is 8.89. The van der Waals surface area contributed by atoms with Gasteiger partial charge in [-0.2, -0.15) is 0 Å². The lowest BCUT2D eigenvalue weighted by Gasteiger charge is -2.26. The number of rotatable bonds is 4. The summed E-state index contributed by atoms with van der Waals surface area (Å²) in [6, 6.07) is 2.23. The molecule has 0 atom stereocenters. The van der Waals surface area contributed by atoms with Crippen LogP contribution in [-0.4, -0.2) is 43.5 Å². The lowest BCUT2D eigenvalue weighted by atomic mass is 10.1. The Bertz CT molecular complexity index is 865. The summed E-state index contributed by atoms with van der Waals surface area (Å²) in [5, 5.41) is 3.34. The summed E-state index contributed by atoms with van der Waals surface area (Å²) in [6.45, 7) is 6.24. The lowest BCUT2D eigenvalue weighted by molar-refractivity contribution is 0.568. The predicted molar refractivity (Wildman–Crippen MR) is 98.8 cm³/mol. The van der Waals surface area contributed by atoms with Crippen molar-refractivity contribution < 1.29 is 0 Å². The first-order chi connectivity index (χ1) is 12.2. The third-order valence-corrected chi connectivity index (χ3v) is 4.40. The molecule has 3 aromatic heterocycles. The number of hydrogen-bond donors (Lipinski definition) is 1. The van der Waals surface area contributed by atoms with Gasteiger partial charge in [0.1, 0.15) is 0 Å². The molecule has 0 aliphatic carbocycles. The summed E-state index contributed by atoms with van der Waals surface area (Å²) in [7, 11) is 0. The molecule has 1 aliphatic heterocycles. The zero-order chi connectivity index (χ0) is 17.2. The Morgan fingerprint density at radius 1 is 1.04 bits per heavy atom. The van der Waals surface area contributed by atoms with Crippen LogP contribution in [0.5, 0.6) is 0 Å². The Hall–Kier alpha value is -2.70. The fraction of sp³-hybridized carbons (Fsp3) is 0.444. The number of hydrogen-bond acceptors (Lipinski definition) is 6. The van der Waals surface area contributed by atoms with E-state index >= 15 is 0 Å². The Balaban J connectivity index is 1.72. The summed E-state index contributed by atoms with van der Waals surface area (Å²) in [6.07, 6.45) is 11.1. The minimum absolute atomic E-state index is 0.295. The predicted octanol–water partition coefficient (Wildman–Crippen LogP) is 3.00. The molecule has 130 valence electrons. The van der Waals surface area contributed by atoms with E-state index in [1.54, 1.807) is 6.20 Å². The fourth-order valence-corrected chi connectivity index (χ4v) is 3.22. The van der Waals surface area contributed by atoms with E-state index in [0.717, 1.165) is 41.9 Å². The van der Waals surface area contributed by atoms with Gasteiger partial charge in [-0.25, -0.2) is 19.9 Å². The molecule has 3 aromatic rings. The van der Waals surface area contributed by atoms with E-state index in [1.165, 1.54) is 19.3 Å². The van der Waals surface area contributed by atoms with Gasteiger partial charge in [0.05, 0.1) is 17.6 Å². The fourth-order valence-electron chi connectivity index (χ4n) is 3.22. The summed E-state index contributed by atoms with van der Waals surface area (Å²) in [5.41, 5.74) is 2.64. The summed E-state index contributed by atoms with van der Waals surface area (Å²) in [5.74, 6) is 1.59. The Morgan fingerprint density at radius 2 is 1.88 bits per heavy atom. The quantitative estimate of drug-likeness (QED) is 0.789. The van der Waals surface area contributed by atoms with Gasteiger partial charge in [0.15, 0.2) is 11.5 Å². The first kappa shape index (κ1) is 15.8. The number of anilines is 2. The van der Waals surface area contributed by atoms with Crippen LogP contribution in [0.25, 0.3) is 17.0 Å². The maximum atomic E-state index is 4.79. The molecular formula is C18H23N7. The van der Waals surface area contributed by atoms with Crippen LogP contribution in [0.15, 0.2) is 30.9 Å². The highest BCUT2D eigenvalue weighted by atomic mass is 15.3. The van der Waals surface area contributed by atoms with Gasteiger partial charge in [0.2, 0.25) is 5.95 Å². The second-order valence-corrected chi connectivity index (χ2v) is 6.70. The monoisotopic (exact) mass is 337 g/mol. The average molecular weight is 337 g/mol. The molecular weight excluding hydrogens is 314 g/mol. The van der Waals surface area contributed by atoms with E-state index in [1.807, 2.05) is 29.1 Å². The van der Waals surface area contributed by atoms with E-state index in [4.69, 9.17) is 4.98 Å². The van der Waals surface area contributed by atoms with E-state index in [9.17, 15) is 0 Å². The summed E-state index contributed by atoms with van der Waals surface area (Å²) < 4.78 is 2.03. The van der Waals surface area contributed by atoms with Crippen molar-refractivity contribution in [3.05, 3.63) is 30.9 Å². The van der Waals surface area contributed by atoms with E-state index in [0.29, 0.717) is 6.04 Å². The van der Waals surface area contributed by atoms with E-state index in [2.05, 4.69) is 39.0 Å². The lowest BCUT2D eigenvalue weighted by Crippen LogP contribution is -2.31. The van der Waals surface area contributed by atoms with Crippen LogP contribution >= 0.6 is 0 Å². The molecule has 0 unspecified atom stereocenters. The standard InChI is InChI=1S/C18H23N7/c1-13(2)22-16-17-21-12-15(25(17)11-8-19-16)14-6-7-20-18(23-14)24-9-4-3-5-10-24/h6-8,11-13H,3-5,9-10H2,1-2H3,(H,19,22). The molecule has 0 bridgehead atoms. The van der Waals surface area contributed by atoms with Crippen LogP contribution < -0.4 is 10.2 Å².